The van der Waals surface area contributed by atoms with Crippen molar-refractivity contribution in [2.45, 2.75) is 19.8 Å². The van der Waals surface area contributed by atoms with E-state index in [1.165, 1.54) is 0 Å². The third-order valence-corrected chi connectivity index (χ3v) is 5.48. The monoisotopic (exact) mass is 484 g/mol. The van der Waals surface area contributed by atoms with Crippen molar-refractivity contribution in [3.63, 3.8) is 0 Å². The van der Waals surface area contributed by atoms with Crippen LogP contribution in [0.2, 0.25) is 0 Å². The zero-order valence-electron chi connectivity index (χ0n) is 15.5. The van der Waals surface area contributed by atoms with Crippen LogP contribution in [0.4, 0.5) is 11.4 Å². The van der Waals surface area contributed by atoms with E-state index in [4.69, 9.17) is 0 Å². The van der Waals surface area contributed by atoms with Crippen LogP contribution in [0.3, 0.4) is 0 Å². The molecular formula is C23H21IN2O2. The molecule has 0 aromatic heterocycles. The van der Waals surface area contributed by atoms with E-state index in [2.05, 4.69) is 33.2 Å². The van der Waals surface area contributed by atoms with Crippen LogP contribution < -0.4 is 10.6 Å². The van der Waals surface area contributed by atoms with Gasteiger partial charge in [0, 0.05) is 26.9 Å². The summed E-state index contributed by atoms with van der Waals surface area (Å²) in [6, 6.07) is 22.7. The molecular weight excluding hydrogens is 463 g/mol. The number of carbonyl (C=O) groups excluding carboxylic acids is 2. The van der Waals surface area contributed by atoms with E-state index in [9.17, 15) is 9.59 Å². The first-order valence-corrected chi connectivity index (χ1v) is 10.1. The molecule has 4 nitrogen and oxygen atoms in total. The number of rotatable bonds is 6. The van der Waals surface area contributed by atoms with Gasteiger partial charge < -0.3 is 10.6 Å². The van der Waals surface area contributed by atoms with Gasteiger partial charge in [-0.2, -0.15) is 0 Å². The molecule has 142 valence electrons. The zero-order chi connectivity index (χ0) is 19.9. The number of carbonyl (C=O) groups is 2. The molecule has 5 heteroatoms. The Kier molecular flexibility index (Phi) is 6.81. The maximum absolute atomic E-state index is 12.5. The van der Waals surface area contributed by atoms with E-state index in [1.807, 2.05) is 61.5 Å². The molecule has 0 radical (unpaired) electrons. The highest BCUT2D eigenvalue weighted by Crippen LogP contribution is 2.18. The van der Waals surface area contributed by atoms with Gasteiger partial charge in [0.2, 0.25) is 5.91 Å². The Balaban J connectivity index is 1.59. The second-order valence-electron chi connectivity index (χ2n) is 6.53. The number of benzene rings is 3. The zero-order valence-corrected chi connectivity index (χ0v) is 17.7. The first-order chi connectivity index (χ1) is 13.5. The van der Waals surface area contributed by atoms with Crippen molar-refractivity contribution in [2.75, 3.05) is 10.6 Å². The molecule has 0 unspecified atom stereocenters. The van der Waals surface area contributed by atoms with E-state index in [1.54, 1.807) is 18.2 Å². The van der Waals surface area contributed by atoms with Gasteiger partial charge in [0.1, 0.15) is 0 Å². The molecule has 0 saturated carbocycles. The van der Waals surface area contributed by atoms with E-state index in [-0.39, 0.29) is 11.8 Å². The Hall–Kier alpha value is -2.67. The lowest BCUT2D eigenvalue weighted by Crippen LogP contribution is -2.14. The molecule has 0 atom stereocenters. The van der Waals surface area contributed by atoms with Crippen LogP contribution >= 0.6 is 22.6 Å². The summed E-state index contributed by atoms with van der Waals surface area (Å²) in [4.78, 5) is 24.7. The Morgan fingerprint density at radius 1 is 0.857 bits per heavy atom. The van der Waals surface area contributed by atoms with Crippen LogP contribution in [0.15, 0.2) is 72.8 Å². The molecule has 3 aromatic carbocycles. The number of hydrogen-bond donors (Lipinski definition) is 2. The highest BCUT2D eigenvalue weighted by molar-refractivity contribution is 14.1. The minimum atomic E-state index is -0.175. The highest BCUT2D eigenvalue weighted by Gasteiger charge is 2.09. The largest absolute Gasteiger partial charge is 0.326 e. The van der Waals surface area contributed by atoms with Gasteiger partial charge in [0.25, 0.3) is 5.91 Å². The van der Waals surface area contributed by atoms with Crippen LogP contribution in [0.1, 0.15) is 27.9 Å². The van der Waals surface area contributed by atoms with E-state index >= 15 is 0 Å². The highest BCUT2D eigenvalue weighted by atomic mass is 127. The third kappa shape index (κ3) is 5.66. The third-order valence-electron chi connectivity index (χ3n) is 4.32. The summed E-state index contributed by atoms with van der Waals surface area (Å²) >= 11 is 2.22. The van der Waals surface area contributed by atoms with Gasteiger partial charge in [-0.25, -0.2) is 0 Å². The van der Waals surface area contributed by atoms with E-state index in [0.29, 0.717) is 29.8 Å². The van der Waals surface area contributed by atoms with Gasteiger partial charge >= 0.3 is 0 Å². The normalized spacial score (nSPS) is 10.4. The predicted octanol–water partition coefficient (Wildman–Crippen LogP) is 5.42. The molecule has 2 amide bonds. The van der Waals surface area contributed by atoms with Crippen LogP contribution in [0.25, 0.3) is 0 Å². The summed E-state index contributed by atoms with van der Waals surface area (Å²) in [5.74, 6) is -0.231. The molecule has 3 aromatic rings. The first-order valence-electron chi connectivity index (χ1n) is 9.02. The van der Waals surface area contributed by atoms with E-state index < -0.39 is 0 Å². The Bertz CT molecular complexity index is 987. The average molecular weight is 484 g/mol. The Labute approximate surface area is 178 Å². The molecule has 3 rings (SSSR count). The smallest absolute Gasteiger partial charge is 0.255 e. The van der Waals surface area contributed by atoms with Crippen LogP contribution in [0, 0.1) is 10.5 Å². The first kappa shape index (κ1) is 20.1. The topological polar surface area (TPSA) is 58.2 Å². The maximum Gasteiger partial charge on any atom is 0.255 e. The molecule has 0 saturated heterocycles. The second kappa shape index (κ2) is 9.50. The summed E-state index contributed by atoms with van der Waals surface area (Å²) in [6.45, 7) is 2.01. The van der Waals surface area contributed by atoms with Crippen LogP contribution in [-0.4, -0.2) is 11.8 Å². The van der Waals surface area contributed by atoms with Gasteiger partial charge in [-0.05, 0) is 77.4 Å². The number of anilines is 2. The van der Waals surface area contributed by atoms with Gasteiger partial charge in [0.05, 0.1) is 0 Å². The van der Waals surface area contributed by atoms with Crippen molar-refractivity contribution < 1.29 is 9.59 Å². The molecule has 0 bridgehead atoms. The fraction of sp³-hybridized carbons (Fsp3) is 0.130. The lowest BCUT2D eigenvalue weighted by atomic mass is 10.1. The number of aryl methyl sites for hydroxylation is 2. The fourth-order valence-electron chi connectivity index (χ4n) is 2.74. The van der Waals surface area contributed by atoms with Crippen molar-refractivity contribution in [2.24, 2.45) is 0 Å². The molecule has 0 aliphatic heterocycles. The summed E-state index contributed by atoms with van der Waals surface area (Å²) in [5.41, 5.74) is 4.17. The molecule has 0 fully saturated rings. The van der Waals surface area contributed by atoms with Crippen molar-refractivity contribution in [3.8, 4) is 0 Å². The maximum atomic E-state index is 12.5. The summed E-state index contributed by atoms with van der Waals surface area (Å²) in [7, 11) is 0. The molecule has 0 aliphatic carbocycles. The van der Waals surface area contributed by atoms with E-state index in [0.717, 1.165) is 14.7 Å². The van der Waals surface area contributed by atoms with Crippen LogP contribution in [-0.2, 0) is 11.2 Å². The molecule has 0 aliphatic rings. The number of hydrogen-bond acceptors (Lipinski definition) is 2. The van der Waals surface area contributed by atoms with Crippen molar-refractivity contribution in [1.29, 1.82) is 0 Å². The van der Waals surface area contributed by atoms with Crippen LogP contribution in [0.5, 0.6) is 0 Å². The van der Waals surface area contributed by atoms with Gasteiger partial charge in [-0.15, -0.1) is 0 Å². The average Bonchev–Trinajstić information content (AvgIpc) is 2.69. The lowest BCUT2D eigenvalue weighted by molar-refractivity contribution is -0.116. The fourth-order valence-corrected chi connectivity index (χ4v) is 3.25. The lowest BCUT2D eigenvalue weighted by Gasteiger charge is -2.10. The summed E-state index contributed by atoms with van der Waals surface area (Å²) in [6.07, 6.45) is 1.09. The predicted molar refractivity (Wildman–Crippen MR) is 122 cm³/mol. The molecule has 2 N–H and O–H groups in total. The summed E-state index contributed by atoms with van der Waals surface area (Å²) in [5, 5.41) is 5.77. The summed E-state index contributed by atoms with van der Waals surface area (Å²) < 4.78 is 1.05. The van der Waals surface area contributed by atoms with Gasteiger partial charge in [0.15, 0.2) is 0 Å². The minimum absolute atomic E-state index is 0.0552. The van der Waals surface area contributed by atoms with Crippen molar-refractivity contribution in [1.82, 2.24) is 0 Å². The van der Waals surface area contributed by atoms with Gasteiger partial charge in [-0.3, -0.25) is 9.59 Å². The molecule has 0 heterocycles. The second-order valence-corrected chi connectivity index (χ2v) is 7.69. The van der Waals surface area contributed by atoms with Gasteiger partial charge in [-0.1, -0.05) is 42.5 Å². The molecule has 0 spiro atoms. The quantitative estimate of drug-likeness (QED) is 0.459. The minimum Gasteiger partial charge on any atom is -0.326 e. The Morgan fingerprint density at radius 2 is 1.57 bits per heavy atom. The van der Waals surface area contributed by atoms with Crippen molar-refractivity contribution >= 4 is 45.8 Å². The standard InChI is InChI=1S/C23H21IN2O2/c1-16-10-12-18(14-21(16)24)23(28)26-20-9-5-8-19(15-20)25-22(27)13-11-17-6-3-2-4-7-17/h2-10,12,14-15H,11,13H2,1H3,(H,25,27)(H,26,28). The number of halogens is 1. The van der Waals surface area contributed by atoms with Crippen molar-refractivity contribution in [3.05, 3.63) is 93.1 Å². The number of amides is 2. The number of nitrogens with one attached hydrogen (secondary N) is 2. The SMILES string of the molecule is Cc1ccc(C(=O)Nc2cccc(NC(=O)CCc3ccccc3)c2)cc1I. The molecule has 28 heavy (non-hydrogen) atoms. The Morgan fingerprint density at radius 3 is 2.29 bits per heavy atom.